The molecule has 66 valence electrons. The average Bonchev–Trinajstić information content (AvgIpc) is 2.61. The lowest BCUT2D eigenvalue weighted by atomic mass is 10.3. The third kappa shape index (κ3) is 2.02. The minimum absolute atomic E-state index is 0.437. The molecule has 1 aromatic carbocycles. The zero-order valence-electron chi connectivity index (χ0n) is 6.35. The van der Waals surface area contributed by atoms with E-state index in [2.05, 4.69) is 30.7 Å². The maximum atomic E-state index is 5.38. The Morgan fingerprint density at radius 1 is 1.31 bits per heavy atom. The molecule has 0 N–H and O–H groups in total. The Hall–Kier alpha value is -1.01. The molecule has 0 aliphatic heterocycles. The largest absolute Gasteiger partial charge is 0.428 e. The SMILES string of the molecule is Brc1ccccc1Oc1nnns1. The predicted octanol–water partition coefficient (Wildman–Crippen LogP) is 2.49. The molecule has 0 saturated carbocycles. The van der Waals surface area contributed by atoms with E-state index >= 15 is 0 Å². The summed E-state index contributed by atoms with van der Waals surface area (Å²) in [6.45, 7) is 0. The van der Waals surface area contributed by atoms with Crippen LogP contribution in [0.25, 0.3) is 0 Å². The topological polar surface area (TPSA) is 47.9 Å². The Balaban J connectivity index is 2.24. The van der Waals surface area contributed by atoms with Crippen molar-refractivity contribution in [1.82, 2.24) is 14.8 Å². The fourth-order valence-corrected chi connectivity index (χ4v) is 1.50. The third-order valence-corrected chi connectivity index (χ3v) is 2.45. The molecule has 1 aromatic heterocycles. The van der Waals surface area contributed by atoms with Gasteiger partial charge in [0.2, 0.25) is 0 Å². The van der Waals surface area contributed by atoms with Gasteiger partial charge < -0.3 is 4.74 Å². The fraction of sp³-hybridized carbons (Fsp3) is 0. The minimum atomic E-state index is 0.437. The van der Waals surface area contributed by atoms with Crippen LogP contribution in [0.2, 0.25) is 0 Å². The van der Waals surface area contributed by atoms with Gasteiger partial charge in [-0.05, 0) is 33.3 Å². The molecule has 0 saturated heterocycles. The summed E-state index contributed by atoms with van der Waals surface area (Å²) in [4.78, 5) is 0. The van der Waals surface area contributed by atoms with E-state index in [0.29, 0.717) is 10.9 Å². The molecule has 13 heavy (non-hydrogen) atoms. The number of nitrogens with zero attached hydrogens (tertiary/aromatic N) is 3. The number of para-hydroxylation sites is 1. The quantitative estimate of drug-likeness (QED) is 0.830. The zero-order chi connectivity index (χ0) is 9.10. The number of rotatable bonds is 2. The molecular formula is C7H4BrN3OS. The van der Waals surface area contributed by atoms with Crippen LogP contribution in [-0.2, 0) is 0 Å². The van der Waals surface area contributed by atoms with Crippen molar-refractivity contribution in [1.29, 1.82) is 0 Å². The van der Waals surface area contributed by atoms with E-state index in [1.165, 1.54) is 0 Å². The zero-order valence-corrected chi connectivity index (χ0v) is 8.75. The molecule has 0 radical (unpaired) electrons. The summed E-state index contributed by atoms with van der Waals surface area (Å²) in [7, 11) is 0. The van der Waals surface area contributed by atoms with E-state index in [4.69, 9.17) is 4.74 Å². The van der Waals surface area contributed by atoms with Crippen LogP contribution in [0.15, 0.2) is 28.7 Å². The van der Waals surface area contributed by atoms with Gasteiger partial charge in [-0.15, -0.1) is 0 Å². The number of halogens is 1. The summed E-state index contributed by atoms with van der Waals surface area (Å²) in [5.74, 6) is 0.709. The Kier molecular flexibility index (Phi) is 2.51. The number of aromatic nitrogens is 3. The number of hydrogen-bond acceptors (Lipinski definition) is 5. The van der Waals surface area contributed by atoms with Crippen LogP contribution in [0.4, 0.5) is 0 Å². The van der Waals surface area contributed by atoms with Crippen molar-refractivity contribution < 1.29 is 4.74 Å². The van der Waals surface area contributed by atoms with Gasteiger partial charge in [-0.25, -0.2) is 0 Å². The van der Waals surface area contributed by atoms with E-state index < -0.39 is 0 Å². The molecule has 0 bridgehead atoms. The van der Waals surface area contributed by atoms with Crippen LogP contribution in [0, 0.1) is 0 Å². The Morgan fingerprint density at radius 3 is 2.85 bits per heavy atom. The minimum Gasteiger partial charge on any atom is -0.428 e. The standard InChI is InChI=1S/C7H4BrN3OS/c8-5-3-1-2-4-6(5)12-7-9-10-11-13-7/h1-4H. The Morgan fingerprint density at radius 2 is 2.15 bits per heavy atom. The second-order valence-corrected chi connectivity index (χ2v) is 3.71. The Labute approximate surface area is 86.8 Å². The van der Waals surface area contributed by atoms with Crippen molar-refractivity contribution in [2.75, 3.05) is 0 Å². The van der Waals surface area contributed by atoms with Gasteiger partial charge in [0, 0.05) is 11.5 Å². The van der Waals surface area contributed by atoms with E-state index in [-0.39, 0.29) is 0 Å². The maximum absolute atomic E-state index is 5.38. The number of benzene rings is 1. The smallest absolute Gasteiger partial charge is 0.319 e. The lowest BCUT2D eigenvalue weighted by Gasteiger charge is -2.01. The molecule has 2 aromatic rings. The molecule has 0 spiro atoms. The van der Waals surface area contributed by atoms with Crippen LogP contribution >= 0.6 is 27.5 Å². The fourth-order valence-electron chi connectivity index (χ4n) is 0.787. The predicted molar refractivity (Wildman–Crippen MR) is 51.9 cm³/mol. The molecular weight excluding hydrogens is 254 g/mol. The highest BCUT2D eigenvalue weighted by Crippen LogP contribution is 2.28. The first-order valence-electron chi connectivity index (χ1n) is 3.43. The first-order chi connectivity index (χ1) is 6.36. The molecule has 0 fully saturated rings. The first kappa shape index (κ1) is 8.58. The summed E-state index contributed by atoms with van der Waals surface area (Å²) >= 11 is 4.46. The van der Waals surface area contributed by atoms with Crippen LogP contribution in [-0.4, -0.2) is 14.8 Å². The van der Waals surface area contributed by atoms with Crippen LogP contribution < -0.4 is 4.74 Å². The van der Waals surface area contributed by atoms with Gasteiger partial charge in [-0.2, -0.15) is 0 Å². The highest BCUT2D eigenvalue weighted by molar-refractivity contribution is 9.10. The van der Waals surface area contributed by atoms with Gasteiger partial charge >= 0.3 is 5.19 Å². The van der Waals surface area contributed by atoms with Gasteiger partial charge in [0.15, 0.2) is 0 Å². The van der Waals surface area contributed by atoms with Gasteiger partial charge in [-0.1, -0.05) is 21.7 Å². The number of ether oxygens (including phenoxy) is 1. The molecule has 0 aliphatic rings. The molecule has 1 heterocycles. The summed E-state index contributed by atoms with van der Waals surface area (Å²) in [6.07, 6.45) is 0. The average molecular weight is 258 g/mol. The maximum Gasteiger partial charge on any atom is 0.319 e. The molecule has 0 unspecified atom stereocenters. The lowest BCUT2D eigenvalue weighted by molar-refractivity contribution is 0.469. The molecule has 4 nitrogen and oxygen atoms in total. The molecule has 0 amide bonds. The van der Waals surface area contributed by atoms with E-state index in [9.17, 15) is 0 Å². The van der Waals surface area contributed by atoms with Crippen LogP contribution in [0.5, 0.6) is 10.9 Å². The van der Waals surface area contributed by atoms with Gasteiger partial charge in [0.1, 0.15) is 5.75 Å². The van der Waals surface area contributed by atoms with Crippen LogP contribution in [0.1, 0.15) is 0 Å². The van der Waals surface area contributed by atoms with E-state index in [1.54, 1.807) is 0 Å². The summed E-state index contributed by atoms with van der Waals surface area (Å²) in [5, 5.41) is 7.53. The normalized spacial score (nSPS) is 9.92. The Bertz CT molecular complexity index is 392. The third-order valence-electron chi connectivity index (χ3n) is 1.32. The monoisotopic (exact) mass is 257 g/mol. The second kappa shape index (κ2) is 3.80. The van der Waals surface area contributed by atoms with Crippen molar-refractivity contribution in [2.24, 2.45) is 0 Å². The highest BCUT2D eigenvalue weighted by Gasteiger charge is 2.03. The summed E-state index contributed by atoms with van der Waals surface area (Å²) in [6, 6.07) is 7.53. The summed E-state index contributed by atoms with van der Waals surface area (Å²) < 4.78 is 9.85. The van der Waals surface area contributed by atoms with Crippen molar-refractivity contribution in [3.05, 3.63) is 28.7 Å². The first-order valence-corrected chi connectivity index (χ1v) is 5.00. The molecule has 0 atom stereocenters. The molecule has 2 rings (SSSR count). The number of hydrogen-bond donors (Lipinski definition) is 0. The van der Waals surface area contributed by atoms with E-state index in [0.717, 1.165) is 16.0 Å². The van der Waals surface area contributed by atoms with Crippen molar-refractivity contribution in [3.63, 3.8) is 0 Å². The van der Waals surface area contributed by atoms with Gasteiger partial charge in [0.25, 0.3) is 0 Å². The lowest BCUT2D eigenvalue weighted by Crippen LogP contribution is -1.83. The van der Waals surface area contributed by atoms with E-state index in [1.807, 2.05) is 24.3 Å². The molecule has 0 aliphatic carbocycles. The van der Waals surface area contributed by atoms with Crippen molar-refractivity contribution >= 4 is 27.5 Å². The van der Waals surface area contributed by atoms with Gasteiger partial charge in [-0.3, -0.25) is 0 Å². The van der Waals surface area contributed by atoms with Crippen molar-refractivity contribution in [3.8, 4) is 10.9 Å². The highest BCUT2D eigenvalue weighted by atomic mass is 79.9. The van der Waals surface area contributed by atoms with Crippen LogP contribution in [0.3, 0.4) is 0 Å². The molecule has 6 heteroatoms. The van der Waals surface area contributed by atoms with Crippen molar-refractivity contribution in [2.45, 2.75) is 0 Å². The summed E-state index contributed by atoms with van der Waals surface area (Å²) in [5.41, 5.74) is 0. The second-order valence-electron chi connectivity index (χ2n) is 2.16. The van der Waals surface area contributed by atoms with Gasteiger partial charge in [0.05, 0.1) is 4.47 Å².